The molecule has 0 rings (SSSR count). The minimum Gasteiger partial charge on any atom is -0.317 e. The lowest BCUT2D eigenvalue weighted by atomic mass is 10.1. The molecule has 2 heteroatoms. The van der Waals surface area contributed by atoms with Crippen molar-refractivity contribution in [2.45, 2.75) is 104 Å². The molecule has 0 aromatic rings. The Labute approximate surface area is 139 Å². The van der Waals surface area contributed by atoms with Gasteiger partial charge in [-0.2, -0.15) is 0 Å². The van der Waals surface area contributed by atoms with Gasteiger partial charge in [0.15, 0.2) is 0 Å². The second kappa shape index (κ2) is 21.7. The number of nitrogens with one attached hydrogen (secondary N) is 1. The maximum absolute atomic E-state index is 3.59. The van der Waals surface area contributed by atoms with Crippen molar-refractivity contribution in [1.82, 2.24) is 5.32 Å². The fourth-order valence-electron chi connectivity index (χ4n) is 2.54. The predicted octanol–water partition coefficient (Wildman–Crippen LogP) is 6.66. The number of rotatable bonds is 16. The molecule has 0 aromatic heterocycles. The van der Waals surface area contributed by atoms with Crippen LogP contribution in [0.2, 0.25) is 0 Å². The smallest absolute Gasteiger partial charge is 0.00489 e. The SMILES string of the molecule is Br.CCCCCCCCCNCCCCCCCCC. The van der Waals surface area contributed by atoms with Crippen LogP contribution in [0.3, 0.4) is 0 Å². The molecule has 0 aliphatic heterocycles. The fraction of sp³-hybridized carbons (Fsp3) is 1.00. The van der Waals surface area contributed by atoms with Crippen LogP contribution in [-0.2, 0) is 0 Å². The normalized spacial score (nSPS) is 10.5. The summed E-state index contributed by atoms with van der Waals surface area (Å²) < 4.78 is 0. The molecule has 0 fully saturated rings. The molecule has 0 saturated carbocycles. The summed E-state index contributed by atoms with van der Waals surface area (Å²) in [4.78, 5) is 0. The molecular formula is C18H40BrN. The predicted molar refractivity (Wildman–Crippen MR) is 99.2 cm³/mol. The molecule has 0 heterocycles. The maximum atomic E-state index is 3.59. The molecule has 0 amide bonds. The number of halogens is 1. The lowest BCUT2D eigenvalue weighted by molar-refractivity contribution is 0.537. The molecule has 124 valence electrons. The zero-order valence-electron chi connectivity index (χ0n) is 14.2. The monoisotopic (exact) mass is 349 g/mol. The van der Waals surface area contributed by atoms with Crippen LogP contribution in [0.15, 0.2) is 0 Å². The summed E-state index contributed by atoms with van der Waals surface area (Å²) in [5, 5.41) is 3.59. The van der Waals surface area contributed by atoms with Gasteiger partial charge in [-0.05, 0) is 25.9 Å². The number of hydrogen-bond donors (Lipinski definition) is 1. The van der Waals surface area contributed by atoms with Gasteiger partial charge in [0.1, 0.15) is 0 Å². The average molecular weight is 350 g/mol. The van der Waals surface area contributed by atoms with Crippen molar-refractivity contribution in [2.75, 3.05) is 13.1 Å². The van der Waals surface area contributed by atoms with Gasteiger partial charge in [0.2, 0.25) is 0 Å². The van der Waals surface area contributed by atoms with Crippen LogP contribution in [0.1, 0.15) is 104 Å². The van der Waals surface area contributed by atoms with Crippen molar-refractivity contribution < 1.29 is 0 Å². The van der Waals surface area contributed by atoms with Gasteiger partial charge < -0.3 is 5.32 Å². The third-order valence-corrected chi connectivity index (χ3v) is 3.91. The van der Waals surface area contributed by atoms with Crippen LogP contribution >= 0.6 is 17.0 Å². The first-order valence-electron chi connectivity index (χ1n) is 9.12. The lowest BCUT2D eigenvalue weighted by Gasteiger charge is -2.05. The molecular weight excluding hydrogens is 310 g/mol. The Bertz CT molecular complexity index is 134. The van der Waals surface area contributed by atoms with E-state index in [-0.39, 0.29) is 17.0 Å². The number of unbranched alkanes of at least 4 members (excludes halogenated alkanes) is 12. The first-order chi connectivity index (χ1) is 9.41. The first kappa shape index (κ1) is 22.7. The summed E-state index contributed by atoms with van der Waals surface area (Å²) in [6.07, 6.45) is 19.9. The van der Waals surface area contributed by atoms with Crippen LogP contribution in [0.5, 0.6) is 0 Å². The lowest BCUT2D eigenvalue weighted by Crippen LogP contribution is -2.16. The van der Waals surface area contributed by atoms with E-state index in [4.69, 9.17) is 0 Å². The molecule has 0 aliphatic rings. The summed E-state index contributed by atoms with van der Waals surface area (Å²) in [6, 6.07) is 0. The molecule has 0 saturated heterocycles. The minimum absolute atomic E-state index is 0. The van der Waals surface area contributed by atoms with Gasteiger partial charge in [0, 0.05) is 0 Å². The second-order valence-corrected chi connectivity index (χ2v) is 5.99. The van der Waals surface area contributed by atoms with E-state index in [0.29, 0.717) is 0 Å². The summed E-state index contributed by atoms with van der Waals surface area (Å²) in [7, 11) is 0. The minimum atomic E-state index is 0. The Balaban J connectivity index is 0. The molecule has 20 heavy (non-hydrogen) atoms. The molecule has 1 nitrogen and oxygen atoms in total. The Kier molecular flexibility index (Phi) is 24.7. The summed E-state index contributed by atoms with van der Waals surface area (Å²) >= 11 is 0. The molecule has 0 atom stereocenters. The van der Waals surface area contributed by atoms with Crippen LogP contribution in [-0.4, -0.2) is 13.1 Å². The van der Waals surface area contributed by atoms with Crippen molar-refractivity contribution in [3.05, 3.63) is 0 Å². The third-order valence-electron chi connectivity index (χ3n) is 3.91. The van der Waals surface area contributed by atoms with Crippen LogP contribution in [0.4, 0.5) is 0 Å². The number of hydrogen-bond acceptors (Lipinski definition) is 1. The van der Waals surface area contributed by atoms with Gasteiger partial charge >= 0.3 is 0 Å². The molecule has 0 aliphatic carbocycles. The largest absolute Gasteiger partial charge is 0.317 e. The molecule has 0 bridgehead atoms. The van der Waals surface area contributed by atoms with Crippen LogP contribution < -0.4 is 5.32 Å². The van der Waals surface area contributed by atoms with E-state index < -0.39 is 0 Å². The van der Waals surface area contributed by atoms with Gasteiger partial charge in [-0.1, -0.05) is 90.9 Å². The zero-order chi connectivity index (χ0) is 14.0. The summed E-state index contributed by atoms with van der Waals surface area (Å²) in [5.74, 6) is 0. The van der Waals surface area contributed by atoms with Crippen molar-refractivity contribution >= 4 is 17.0 Å². The Morgan fingerprint density at radius 2 is 0.750 bits per heavy atom. The van der Waals surface area contributed by atoms with E-state index in [2.05, 4.69) is 19.2 Å². The summed E-state index contributed by atoms with van der Waals surface area (Å²) in [5.41, 5.74) is 0. The van der Waals surface area contributed by atoms with E-state index in [1.165, 1.54) is 103 Å². The van der Waals surface area contributed by atoms with Gasteiger partial charge in [0.25, 0.3) is 0 Å². The fourth-order valence-corrected chi connectivity index (χ4v) is 2.54. The highest BCUT2D eigenvalue weighted by Gasteiger charge is 1.93. The van der Waals surface area contributed by atoms with Gasteiger partial charge in [-0.3, -0.25) is 0 Å². The molecule has 0 aromatic carbocycles. The standard InChI is InChI=1S/C18H39N.BrH/c1-3-5-7-9-11-13-15-17-19-18-16-14-12-10-8-6-4-2;/h19H,3-18H2,1-2H3;1H. The Morgan fingerprint density at radius 3 is 1.10 bits per heavy atom. The van der Waals surface area contributed by atoms with Crippen molar-refractivity contribution in [3.63, 3.8) is 0 Å². The topological polar surface area (TPSA) is 12.0 Å². The van der Waals surface area contributed by atoms with E-state index >= 15 is 0 Å². The van der Waals surface area contributed by atoms with Crippen molar-refractivity contribution in [1.29, 1.82) is 0 Å². The highest BCUT2D eigenvalue weighted by atomic mass is 79.9. The third kappa shape index (κ3) is 20.8. The van der Waals surface area contributed by atoms with Gasteiger partial charge in [0.05, 0.1) is 0 Å². The first-order valence-corrected chi connectivity index (χ1v) is 9.12. The molecule has 0 spiro atoms. The highest BCUT2D eigenvalue weighted by molar-refractivity contribution is 8.93. The Hall–Kier alpha value is 0.440. The van der Waals surface area contributed by atoms with Crippen LogP contribution in [0.25, 0.3) is 0 Å². The van der Waals surface area contributed by atoms with Crippen LogP contribution in [0, 0.1) is 0 Å². The second-order valence-electron chi connectivity index (χ2n) is 5.99. The van der Waals surface area contributed by atoms with E-state index in [1.54, 1.807) is 0 Å². The highest BCUT2D eigenvalue weighted by Crippen LogP contribution is 2.07. The van der Waals surface area contributed by atoms with Gasteiger partial charge in [-0.15, -0.1) is 17.0 Å². The molecule has 0 radical (unpaired) electrons. The van der Waals surface area contributed by atoms with E-state index in [1.807, 2.05) is 0 Å². The van der Waals surface area contributed by atoms with E-state index in [0.717, 1.165) is 0 Å². The maximum Gasteiger partial charge on any atom is -0.00489 e. The van der Waals surface area contributed by atoms with Crippen molar-refractivity contribution in [2.24, 2.45) is 0 Å². The van der Waals surface area contributed by atoms with E-state index in [9.17, 15) is 0 Å². The summed E-state index contributed by atoms with van der Waals surface area (Å²) in [6.45, 7) is 7.05. The molecule has 0 unspecified atom stereocenters. The average Bonchev–Trinajstić information content (AvgIpc) is 2.43. The van der Waals surface area contributed by atoms with Crippen molar-refractivity contribution in [3.8, 4) is 0 Å². The molecule has 1 N–H and O–H groups in total. The Morgan fingerprint density at radius 1 is 0.450 bits per heavy atom. The van der Waals surface area contributed by atoms with Gasteiger partial charge in [-0.25, -0.2) is 0 Å². The zero-order valence-corrected chi connectivity index (χ0v) is 15.9. The quantitative estimate of drug-likeness (QED) is 0.307.